The van der Waals surface area contributed by atoms with Crippen molar-refractivity contribution in [2.24, 2.45) is 5.92 Å². The monoisotopic (exact) mass is 285 g/mol. The van der Waals surface area contributed by atoms with Crippen molar-refractivity contribution in [3.8, 4) is 0 Å². The number of hydrogen-bond donors (Lipinski definition) is 2. The van der Waals surface area contributed by atoms with Gasteiger partial charge in [-0.3, -0.25) is 0 Å². The fourth-order valence-corrected chi connectivity index (χ4v) is 2.33. The molecule has 1 heterocycles. The van der Waals surface area contributed by atoms with Crippen LogP contribution < -0.4 is 5.32 Å². The summed E-state index contributed by atoms with van der Waals surface area (Å²) < 4.78 is 0. The van der Waals surface area contributed by atoms with E-state index < -0.39 is 12.0 Å². The third kappa shape index (κ3) is 5.00. The number of nitrogens with one attached hydrogen (secondary N) is 1. The van der Waals surface area contributed by atoms with Crippen molar-refractivity contribution in [3.05, 3.63) is 0 Å². The van der Waals surface area contributed by atoms with Crippen LogP contribution in [0.1, 0.15) is 33.1 Å². The van der Waals surface area contributed by atoms with Crippen LogP contribution in [0.3, 0.4) is 0 Å². The SMILES string of the molecule is CCC(C)C(NC(=O)N(C)CCN1CCCC1)C(=O)O. The van der Waals surface area contributed by atoms with Crippen molar-refractivity contribution in [1.29, 1.82) is 0 Å². The second-order valence-corrected chi connectivity index (χ2v) is 5.62. The van der Waals surface area contributed by atoms with Crippen LogP contribution in [0.4, 0.5) is 4.79 Å². The highest BCUT2D eigenvalue weighted by atomic mass is 16.4. The van der Waals surface area contributed by atoms with Gasteiger partial charge < -0.3 is 20.2 Å². The lowest BCUT2D eigenvalue weighted by molar-refractivity contribution is -0.140. The smallest absolute Gasteiger partial charge is 0.326 e. The zero-order valence-corrected chi connectivity index (χ0v) is 12.8. The van der Waals surface area contributed by atoms with E-state index in [0.717, 1.165) is 26.1 Å². The summed E-state index contributed by atoms with van der Waals surface area (Å²) in [5.74, 6) is -1.05. The van der Waals surface area contributed by atoms with Gasteiger partial charge in [0.15, 0.2) is 0 Å². The molecule has 1 aliphatic rings. The van der Waals surface area contributed by atoms with Crippen molar-refractivity contribution >= 4 is 12.0 Å². The molecule has 2 N–H and O–H groups in total. The lowest BCUT2D eigenvalue weighted by Gasteiger charge is -2.25. The second kappa shape index (κ2) is 8.09. The Bertz CT molecular complexity index is 330. The normalized spacial score (nSPS) is 18.6. The van der Waals surface area contributed by atoms with Gasteiger partial charge in [0.2, 0.25) is 0 Å². The third-order valence-corrected chi connectivity index (χ3v) is 4.06. The maximum absolute atomic E-state index is 12.0. The number of aliphatic carboxylic acids is 1. The van der Waals surface area contributed by atoms with Crippen LogP contribution in [0, 0.1) is 5.92 Å². The van der Waals surface area contributed by atoms with Crippen molar-refractivity contribution in [2.75, 3.05) is 33.2 Å². The maximum atomic E-state index is 12.0. The first kappa shape index (κ1) is 16.8. The van der Waals surface area contributed by atoms with Crippen molar-refractivity contribution in [3.63, 3.8) is 0 Å². The molecule has 0 aromatic heterocycles. The molecule has 1 rings (SSSR count). The van der Waals surface area contributed by atoms with Gasteiger partial charge in [0.25, 0.3) is 0 Å². The second-order valence-electron chi connectivity index (χ2n) is 5.62. The molecule has 1 aliphatic heterocycles. The molecule has 6 nitrogen and oxygen atoms in total. The Morgan fingerprint density at radius 3 is 2.45 bits per heavy atom. The van der Waals surface area contributed by atoms with Gasteiger partial charge in [-0.05, 0) is 31.8 Å². The Balaban J connectivity index is 2.40. The highest BCUT2D eigenvalue weighted by Gasteiger charge is 2.26. The standard InChI is InChI=1S/C14H27N3O3/c1-4-11(2)12(13(18)19)15-14(20)16(3)9-10-17-7-5-6-8-17/h11-12H,4-10H2,1-3H3,(H,15,20)(H,18,19). The highest BCUT2D eigenvalue weighted by molar-refractivity contribution is 5.82. The van der Waals surface area contributed by atoms with Crippen molar-refractivity contribution in [1.82, 2.24) is 15.1 Å². The van der Waals surface area contributed by atoms with Gasteiger partial charge in [-0.1, -0.05) is 20.3 Å². The molecule has 0 spiro atoms. The molecule has 6 heteroatoms. The zero-order valence-electron chi connectivity index (χ0n) is 12.8. The lowest BCUT2D eigenvalue weighted by atomic mass is 9.99. The fraction of sp³-hybridized carbons (Fsp3) is 0.857. The molecule has 2 amide bonds. The van der Waals surface area contributed by atoms with Gasteiger partial charge in [-0.25, -0.2) is 9.59 Å². The zero-order chi connectivity index (χ0) is 15.1. The predicted octanol–water partition coefficient (Wildman–Crippen LogP) is 1.22. The summed E-state index contributed by atoms with van der Waals surface area (Å²) in [4.78, 5) is 27.1. The first-order valence-electron chi connectivity index (χ1n) is 7.42. The van der Waals surface area contributed by atoms with Gasteiger partial charge in [0, 0.05) is 20.1 Å². The summed E-state index contributed by atoms with van der Waals surface area (Å²) in [6, 6.07) is -1.13. The molecule has 2 unspecified atom stereocenters. The minimum absolute atomic E-state index is 0.0802. The molecule has 0 radical (unpaired) electrons. The number of hydrogen-bond acceptors (Lipinski definition) is 3. The summed E-state index contributed by atoms with van der Waals surface area (Å²) in [6.07, 6.45) is 3.17. The van der Waals surface area contributed by atoms with Crippen molar-refractivity contribution in [2.45, 2.75) is 39.2 Å². The molecule has 0 aromatic carbocycles. The van der Waals surface area contributed by atoms with Gasteiger partial charge in [-0.15, -0.1) is 0 Å². The first-order chi connectivity index (χ1) is 9.45. The van der Waals surface area contributed by atoms with Gasteiger partial charge in [-0.2, -0.15) is 0 Å². The van der Waals surface area contributed by atoms with Crippen LogP contribution in [-0.2, 0) is 4.79 Å². The third-order valence-electron chi connectivity index (χ3n) is 4.06. The Morgan fingerprint density at radius 1 is 1.35 bits per heavy atom. The van der Waals surface area contributed by atoms with Crippen LogP contribution in [0.5, 0.6) is 0 Å². The van der Waals surface area contributed by atoms with E-state index in [1.807, 2.05) is 13.8 Å². The van der Waals surface area contributed by atoms with Crippen LogP contribution in [-0.4, -0.2) is 66.2 Å². The van der Waals surface area contributed by atoms with E-state index in [4.69, 9.17) is 5.11 Å². The average molecular weight is 285 g/mol. The maximum Gasteiger partial charge on any atom is 0.326 e. The van der Waals surface area contributed by atoms with Crippen LogP contribution in [0.2, 0.25) is 0 Å². The molecule has 0 saturated carbocycles. The molecular formula is C14H27N3O3. The number of likely N-dealkylation sites (tertiary alicyclic amines) is 1. The number of carbonyl (C=O) groups excluding carboxylic acids is 1. The Kier molecular flexibility index (Phi) is 6.78. The van der Waals surface area contributed by atoms with E-state index in [0.29, 0.717) is 6.54 Å². The molecule has 2 atom stereocenters. The summed E-state index contributed by atoms with van der Waals surface area (Å²) >= 11 is 0. The molecule has 0 aromatic rings. The van der Waals surface area contributed by atoms with E-state index in [-0.39, 0.29) is 11.9 Å². The predicted molar refractivity (Wildman–Crippen MR) is 77.7 cm³/mol. The molecule has 1 fully saturated rings. The quantitative estimate of drug-likeness (QED) is 0.738. The number of likely N-dealkylation sites (N-methyl/N-ethyl adjacent to an activating group) is 1. The number of carbonyl (C=O) groups is 2. The van der Waals surface area contributed by atoms with Crippen LogP contribution in [0.15, 0.2) is 0 Å². The highest BCUT2D eigenvalue weighted by Crippen LogP contribution is 2.09. The molecule has 1 saturated heterocycles. The Hall–Kier alpha value is -1.30. The molecule has 0 aliphatic carbocycles. The van der Waals surface area contributed by atoms with E-state index in [2.05, 4.69) is 10.2 Å². The number of nitrogens with zero attached hydrogens (tertiary/aromatic N) is 2. The summed E-state index contributed by atoms with van der Waals surface area (Å²) in [7, 11) is 1.71. The molecule has 20 heavy (non-hydrogen) atoms. The topological polar surface area (TPSA) is 72.9 Å². The lowest BCUT2D eigenvalue weighted by Crippen LogP contribution is -2.50. The summed E-state index contributed by atoms with van der Waals surface area (Å²) in [6.45, 7) is 7.43. The van der Waals surface area contributed by atoms with Gasteiger partial charge in [0.05, 0.1) is 0 Å². The minimum atomic E-state index is -0.972. The van der Waals surface area contributed by atoms with E-state index >= 15 is 0 Å². The minimum Gasteiger partial charge on any atom is -0.480 e. The largest absolute Gasteiger partial charge is 0.480 e. The van der Waals surface area contributed by atoms with Crippen molar-refractivity contribution < 1.29 is 14.7 Å². The molecule has 116 valence electrons. The Morgan fingerprint density at radius 2 is 1.95 bits per heavy atom. The Labute approximate surface area is 121 Å². The van der Waals surface area contributed by atoms with E-state index in [1.54, 1.807) is 11.9 Å². The van der Waals surface area contributed by atoms with E-state index in [9.17, 15) is 9.59 Å². The van der Waals surface area contributed by atoms with Crippen LogP contribution in [0.25, 0.3) is 0 Å². The number of rotatable bonds is 7. The average Bonchev–Trinajstić information content (AvgIpc) is 2.93. The summed E-state index contributed by atoms with van der Waals surface area (Å²) in [5.41, 5.74) is 0. The molecular weight excluding hydrogens is 258 g/mol. The fourth-order valence-electron chi connectivity index (χ4n) is 2.33. The van der Waals surface area contributed by atoms with Crippen LogP contribution >= 0.6 is 0 Å². The van der Waals surface area contributed by atoms with Gasteiger partial charge >= 0.3 is 12.0 Å². The molecule has 0 bridgehead atoms. The number of carboxylic acid groups (broad SMARTS) is 1. The number of urea groups is 1. The van der Waals surface area contributed by atoms with E-state index in [1.165, 1.54) is 12.8 Å². The first-order valence-corrected chi connectivity index (χ1v) is 7.42. The number of amides is 2. The van der Waals surface area contributed by atoms with Gasteiger partial charge in [0.1, 0.15) is 6.04 Å². The number of carboxylic acids is 1. The summed E-state index contributed by atoms with van der Waals surface area (Å²) in [5, 5.41) is 11.8.